The van der Waals surface area contributed by atoms with Crippen molar-refractivity contribution in [2.45, 2.75) is 39.0 Å². The molecule has 0 spiro atoms. The van der Waals surface area contributed by atoms with E-state index in [0.29, 0.717) is 69.6 Å². The lowest BCUT2D eigenvalue weighted by molar-refractivity contribution is 0.0712. The molecule has 0 aliphatic carbocycles. The van der Waals surface area contributed by atoms with E-state index in [1.807, 2.05) is 28.2 Å². The lowest BCUT2D eigenvalue weighted by Crippen LogP contribution is -2.35. The van der Waals surface area contributed by atoms with E-state index in [0.717, 1.165) is 49.0 Å². The number of rotatable bonds is 10. The molecule has 0 unspecified atom stereocenters. The molecule has 61 heavy (non-hydrogen) atoms. The van der Waals surface area contributed by atoms with Crippen molar-refractivity contribution in [2.75, 3.05) is 41.3 Å². The van der Waals surface area contributed by atoms with Crippen molar-refractivity contribution in [3.8, 4) is 0 Å². The molecule has 4 heterocycles. The van der Waals surface area contributed by atoms with Crippen molar-refractivity contribution in [2.24, 2.45) is 0 Å². The molecule has 0 radical (unpaired) electrons. The van der Waals surface area contributed by atoms with Gasteiger partial charge in [-0.25, -0.2) is 0 Å². The Labute approximate surface area is 372 Å². The van der Waals surface area contributed by atoms with Crippen molar-refractivity contribution >= 4 is 59.0 Å². The van der Waals surface area contributed by atoms with E-state index in [4.69, 9.17) is 32.0 Å². The van der Waals surface area contributed by atoms with Crippen LogP contribution in [0.5, 0.6) is 0 Å². The summed E-state index contributed by atoms with van der Waals surface area (Å²) < 4.78 is 11.9. The quantitative estimate of drug-likeness (QED) is 0.125. The second-order valence-electron chi connectivity index (χ2n) is 15.6. The van der Waals surface area contributed by atoms with E-state index in [1.54, 1.807) is 107 Å². The molecule has 0 fully saturated rings. The first kappa shape index (κ1) is 45.0. The third-order valence-corrected chi connectivity index (χ3v) is 10.9. The Bertz CT molecular complexity index is 2320. The minimum Gasteiger partial charge on any atom is -0.463 e. The van der Waals surface area contributed by atoms with E-state index in [1.165, 1.54) is 11.1 Å². The molecule has 0 atom stereocenters. The van der Waals surface area contributed by atoms with Gasteiger partial charge >= 0.3 is 0 Å². The summed E-state index contributed by atoms with van der Waals surface area (Å²) in [7, 11) is 7.99. The Morgan fingerprint density at radius 3 is 1.11 bits per heavy atom. The summed E-state index contributed by atoms with van der Waals surface area (Å²) in [6, 6.07) is 31.4. The summed E-state index contributed by atoms with van der Waals surface area (Å²) in [6.45, 7) is 3.71. The van der Waals surface area contributed by atoms with Crippen LogP contribution in [0.4, 0.5) is 0 Å². The fraction of sp³-hybridized carbons (Fsp3) is 0.250. The molecule has 6 aromatic rings. The van der Waals surface area contributed by atoms with Gasteiger partial charge in [0.2, 0.25) is 0 Å². The van der Waals surface area contributed by atoms with Crippen LogP contribution >= 0.6 is 35.6 Å². The molecular weight excluding hydrogens is 835 g/mol. The summed E-state index contributed by atoms with van der Waals surface area (Å²) in [5, 5.41) is 1.17. The van der Waals surface area contributed by atoms with E-state index >= 15 is 0 Å². The number of amides is 2. The summed E-state index contributed by atoms with van der Waals surface area (Å²) in [5.41, 5.74) is 5.68. The van der Waals surface area contributed by atoms with Crippen molar-refractivity contribution in [3.63, 3.8) is 0 Å². The second kappa shape index (κ2) is 19.9. The van der Waals surface area contributed by atoms with Gasteiger partial charge in [0, 0.05) is 56.5 Å². The number of hydrogen-bond acceptors (Lipinski definition) is 8. The minimum atomic E-state index is -0.0997. The number of carbonyl (C=O) groups is 4. The molecule has 0 saturated carbocycles. The fourth-order valence-electron chi connectivity index (χ4n) is 7.32. The van der Waals surface area contributed by atoms with Gasteiger partial charge in [-0.1, -0.05) is 47.5 Å². The van der Waals surface area contributed by atoms with Crippen LogP contribution in [-0.4, -0.2) is 84.3 Å². The second-order valence-corrected chi connectivity index (χ2v) is 16.5. The Morgan fingerprint density at radius 2 is 0.803 bits per heavy atom. The van der Waals surface area contributed by atoms with Crippen LogP contribution in [0.3, 0.4) is 0 Å². The molecule has 2 aliphatic heterocycles. The fourth-order valence-corrected chi connectivity index (χ4v) is 7.57. The lowest BCUT2D eigenvalue weighted by Gasteiger charge is -2.26. The smallest absolute Gasteiger partial charge is 0.254 e. The molecule has 2 amide bonds. The maximum atomic E-state index is 13.0. The molecular formula is C48H47Cl3N4O6. The maximum Gasteiger partial charge on any atom is 0.254 e. The number of benzene rings is 4. The highest BCUT2D eigenvalue weighted by molar-refractivity contribution is 6.31. The summed E-state index contributed by atoms with van der Waals surface area (Å²) in [6.07, 6.45) is 1.57. The summed E-state index contributed by atoms with van der Waals surface area (Å²) in [4.78, 5) is 58.8. The van der Waals surface area contributed by atoms with Gasteiger partial charge in [0.05, 0.1) is 26.2 Å². The van der Waals surface area contributed by atoms with E-state index < -0.39 is 0 Å². The molecule has 0 N–H and O–H groups in total. The van der Waals surface area contributed by atoms with E-state index in [9.17, 15) is 19.2 Å². The van der Waals surface area contributed by atoms with E-state index in [2.05, 4.69) is 21.9 Å². The molecule has 2 aromatic heterocycles. The topological polar surface area (TPSA) is 108 Å². The third kappa shape index (κ3) is 11.1. The van der Waals surface area contributed by atoms with Gasteiger partial charge in [-0.15, -0.1) is 12.4 Å². The Hall–Kier alpha value is -5.49. The van der Waals surface area contributed by atoms with Crippen LogP contribution in [0, 0.1) is 0 Å². The number of halogens is 3. The predicted molar refractivity (Wildman–Crippen MR) is 239 cm³/mol. The van der Waals surface area contributed by atoms with Crippen molar-refractivity contribution in [1.29, 1.82) is 0 Å². The number of nitrogens with zero attached hydrogens (tertiary/aromatic N) is 4. The highest BCUT2D eigenvalue weighted by atomic mass is 35.5. The molecule has 8 rings (SSSR count). The number of carbonyl (C=O) groups excluding carboxylic acids is 4. The third-order valence-electron chi connectivity index (χ3n) is 10.4. The number of hydrogen-bond donors (Lipinski definition) is 0. The monoisotopic (exact) mass is 880 g/mol. The van der Waals surface area contributed by atoms with Gasteiger partial charge in [0.25, 0.3) is 11.8 Å². The molecule has 10 nitrogen and oxygen atoms in total. The molecule has 316 valence electrons. The minimum absolute atomic E-state index is 0. The first-order valence-electron chi connectivity index (χ1n) is 19.7. The number of furan rings is 2. The molecule has 2 aliphatic rings. The van der Waals surface area contributed by atoms with Crippen LogP contribution in [-0.2, 0) is 39.0 Å². The van der Waals surface area contributed by atoms with Crippen molar-refractivity contribution in [3.05, 3.63) is 187 Å². The van der Waals surface area contributed by atoms with Crippen molar-refractivity contribution < 1.29 is 28.0 Å². The van der Waals surface area contributed by atoms with Gasteiger partial charge in [0.1, 0.15) is 23.0 Å². The van der Waals surface area contributed by atoms with Crippen LogP contribution in [0.1, 0.15) is 86.7 Å². The SMILES string of the molecule is CN(C)Cc1cc2c(o1)CN(C(=O)c1ccc(C(=O)c3ccc(Cl)cc3)cc1)CC2.CN(C)Cc1cc2c(o1)CN(C(=O)c1ccc(C(=O)c3ccc(Cl)cc3)cc1)CC2.Cl. The van der Waals surface area contributed by atoms with Crippen LogP contribution in [0.15, 0.2) is 118 Å². The number of fused-ring (bicyclic) bond motifs is 2. The van der Waals surface area contributed by atoms with Gasteiger partial charge in [-0.05, 0) is 137 Å². The summed E-state index contributed by atoms with van der Waals surface area (Å²) in [5.74, 6) is 3.25. The molecule has 13 heteroatoms. The zero-order chi connectivity index (χ0) is 42.5. The average molecular weight is 882 g/mol. The first-order valence-corrected chi connectivity index (χ1v) is 20.5. The van der Waals surface area contributed by atoms with Gasteiger partial charge in [0.15, 0.2) is 11.6 Å². The molecule has 4 aromatic carbocycles. The Kier molecular flexibility index (Phi) is 14.7. The standard InChI is InChI=1S/2C24H23ClN2O3.ClH/c2*1-26(2)14-21-13-19-11-12-27(15-22(19)30-21)24(29)18-5-3-16(4-6-18)23(28)17-7-9-20(25)10-8-17;/h2*3-10,13H,11-12,14-15H2,1-2H3;1H. The van der Waals surface area contributed by atoms with E-state index in [-0.39, 0.29) is 35.8 Å². The Morgan fingerprint density at radius 1 is 0.508 bits per heavy atom. The molecule has 0 saturated heterocycles. The highest BCUT2D eigenvalue weighted by Gasteiger charge is 2.27. The lowest BCUT2D eigenvalue weighted by atomic mass is 10.0. The van der Waals surface area contributed by atoms with Crippen LogP contribution in [0.2, 0.25) is 10.0 Å². The average Bonchev–Trinajstić information content (AvgIpc) is 3.85. The van der Waals surface area contributed by atoms with Gasteiger partial charge < -0.3 is 28.4 Å². The highest BCUT2D eigenvalue weighted by Crippen LogP contribution is 2.27. The molecule has 0 bridgehead atoms. The zero-order valence-corrected chi connectivity index (χ0v) is 36.8. The summed E-state index contributed by atoms with van der Waals surface area (Å²) >= 11 is 11.8. The largest absolute Gasteiger partial charge is 0.463 e. The van der Waals surface area contributed by atoms with Crippen LogP contribution < -0.4 is 0 Å². The van der Waals surface area contributed by atoms with Crippen molar-refractivity contribution in [1.82, 2.24) is 19.6 Å². The van der Waals surface area contributed by atoms with Crippen LogP contribution in [0.25, 0.3) is 0 Å². The first-order chi connectivity index (χ1) is 28.8. The van der Waals surface area contributed by atoms with Gasteiger partial charge in [-0.2, -0.15) is 0 Å². The maximum absolute atomic E-state index is 13.0. The zero-order valence-electron chi connectivity index (χ0n) is 34.5. The number of ketones is 2. The normalized spacial score (nSPS) is 13.2. The Balaban J connectivity index is 0.000000201. The van der Waals surface area contributed by atoms with Gasteiger partial charge in [-0.3, -0.25) is 19.2 Å². The predicted octanol–water partition coefficient (Wildman–Crippen LogP) is 9.27.